The van der Waals surface area contributed by atoms with Crippen LogP contribution in [0.25, 0.3) is 0 Å². The molecule has 0 heterocycles. The van der Waals surface area contributed by atoms with E-state index in [9.17, 15) is 43.5 Å². The predicted molar refractivity (Wildman–Crippen MR) is 323 cm³/mol. The molecule has 4 amide bonds. The number of rotatable bonds is 60. The predicted octanol–water partition coefficient (Wildman–Crippen LogP) is 13.8. The van der Waals surface area contributed by atoms with Gasteiger partial charge in [0.1, 0.15) is 24.8 Å². The Hall–Kier alpha value is -3.89. The Morgan fingerprint density at radius 1 is 0.388 bits per heavy atom. The number of unbranched alkanes of at least 4 members (excludes halogenated alkanes) is 36. The van der Waals surface area contributed by atoms with Crippen molar-refractivity contribution in [1.29, 1.82) is 0 Å². The Kier molecular flexibility index (Phi) is 54.2. The summed E-state index contributed by atoms with van der Waals surface area (Å²) in [5, 5.41) is 28.1. The Bertz CT molecular complexity index is 1590. The summed E-state index contributed by atoms with van der Waals surface area (Å²) in [7, 11) is 0. The van der Waals surface area contributed by atoms with Gasteiger partial charge in [-0.05, 0) is 25.7 Å². The number of carbonyl (C=O) groups excluding carboxylic acids is 6. The standard InChI is InChI=1S/C63H116N4O12S/c1-4-7-10-13-16-19-22-25-28-31-34-37-40-43-56(68)67-55(62(75)65-48-57(69)64-49-58(70)66-54(63(76)77)46-47-59(71)72)52-80-51-53(79-61(74)45-42-39-36-33-30-27-24-21-18-15-12-9-6-3)50-78-60(73)44-41-38-35-32-29-26-23-20-17-14-11-8-5-2/h53-55H,4-52H2,1-3H3,(H,64,69)(H,65,75)(H,66,70)(H,67,68)(H,71,72)(H,76,77)/t53-,54+,55+/m1/s1. The SMILES string of the molecule is CCCCCCCCCCCCCCCC(=O)N[C@@H](CSC[C@@H](COC(=O)CCCCCCCCCCCCCCC)OC(=O)CCCCCCCCCCCCCCC)C(=O)NCC(=O)NCC(=O)N[C@@H](CCC(=O)O)C(=O)O. The molecule has 17 heteroatoms. The van der Waals surface area contributed by atoms with E-state index in [0.29, 0.717) is 12.8 Å². The number of aliphatic carboxylic acids is 2. The molecule has 0 aromatic rings. The fraction of sp³-hybridized carbons (Fsp3) is 0.873. The summed E-state index contributed by atoms with van der Waals surface area (Å²) in [6, 6.07) is -2.55. The van der Waals surface area contributed by atoms with Gasteiger partial charge in [-0.25, -0.2) is 4.79 Å². The Balaban J connectivity index is 5.50. The minimum Gasteiger partial charge on any atom is -0.481 e. The lowest BCUT2D eigenvalue weighted by atomic mass is 10.0. The molecule has 0 aliphatic carbocycles. The van der Waals surface area contributed by atoms with E-state index in [2.05, 4.69) is 42.0 Å². The van der Waals surface area contributed by atoms with Crippen molar-refractivity contribution in [3.05, 3.63) is 0 Å². The van der Waals surface area contributed by atoms with Crippen molar-refractivity contribution in [2.75, 3.05) is 31.2 Å². The molecule has 16 nitrogen and oxygen atoms in total. The average molecular weight is 1150 g/mol. The van der Waals surface area contributed by atoms with Gasteiger partial charge in [-0.3, -0.25) is 33.6 Å². The number of ether oxygens (including phenoxy) is 2. The largest absolute Gasteiger partial charge is 0.481 e. The summed E-state index contributed by atoms with van der Waals surface area (Å²) in [5.74, 6) is -5.76. The number of carbonyl (C=O) groups is 8. The first-order chi connectivity index (χ1) is 38.8. The lowest BCUT2D eigenvalue weighted by Crippen LogP contribution is -2.51. The minimum atomic E-state index is -1.47. The average Bonchev–Trinajstić information content (AvgIpc) is 3.43. The summed E-state index contributed by atoms with van der Waals surface area (Å²) in [4.78, 5) is 101. The van der Waals surface area contributed by atoms with Gasteiger partial charge < -0.3 is 41.0 Å². The van der Waals surface area contributed by atoms with Crippen LogP contribution in [0.1, 0.15) is 303 Å². The zero-order valence-electron chi connectivity index (χ0n) is 50.8. The van der Waals surface area contributed by atoms with E-state index in [0.717, 1.165) is 64.2 Å². The number of hydrogen-bond donors (Lipinski definition) is 6. The molecule has 0 rings (SSSR count). The second-order valence-corrected chi connectivity index (χ2v) is 23.4. The molecule has 0 aliphatic rings. The highest BCUT2D eigenvalue weighted by Crippen LogP contribution is 2.18. The van der Waals surface area contributed by atoms with E-state index >= 15 is 0 Å². The second kappa shape index (κ2) is 56.9. The number of amides is 4. The van der Waals surface area contributed by atoms with Crippen molar-refractivity contribution in [3.63, 3.8) is 0 Å². The van der Waals surface area contributed by atoms with Gasteiger partial charge in [-0.2, -0.15) is 11.8 Å². The second-order valence-electron chi connectivity index (χ2n) is 22.3. The van der Waals surface area contributed by atoms with Gasteiger partial charge in [-0.15, -0.1) is 0 Å². The highest BCUT2D eigenvalue weighted by molar-refractivity contribution is 7.99. The van der Waals surface area contributed by atoms with Gasteiger partial charge in [0.25, 0.3) is 0 Å². The minimum absolute atomic E-state index is 0.0485. The fourth-order valence-electron chi connectivity index (χ4n) is 9.57. The van der Waals surface area contributed by atoms with Gasteiger partial charge in [0.2, 0.25) is 23.6 Å². The molecule has 3 atom stereocenters. The first-order valence-corrected chi connectivity index (χ1v) is 33.5. The van der Waals surface area contributed by atoms with Crippen LogP contribution in [-0.2, 0) is 47.8 Å². The van der Waals surface area contributed by atoms with Gasteiger partial charge in [-0.1, -0.05) is 252 Å². The molecule has 0 aromatic heterocycles. The van der Waals surface area contributed by atoms with Crippen LogP contribution in [0.4, 0.5) is 0 Å². The Morgan fingerprint density at radius 2 is 0.750 bits per heavy atom. The van der Waals surface area contributed by atoms with Crippen molar-refractivity contribution in [2.45, 2.75) is 321 Å². The van der Waals surface area contributed by atoms with E-state index in [1.165, 1.54) is 185 Å². The third-order valence-electron chi connectivity index (χ3n) is 14.6. The molecule has 0 unspecified atom stereocenters. The lowest BCUT2D eigenvalue weighted by molar-refractivity contribution is -0.157. The van der Waals surface area contributed by atoms with Crippen LogP contribution >= 0.6 is 11.8 Å². The van der Waals surface area contributed by atoms with Crippen molar-refractivity contribution in [2.24, 2.45) is 0 Å². The van der Waals surface area contributed by atoms with Crippen LogP contribution < -0.4 is 21.3 Å². The number of nitrogens with one attached hydrogen (secondary N) is 4. The normalized spacial score (nSPS) is 12.3. The molecular formula is C63H116N4O12S. The van der Waals surface area contributed by atoms with Crippen molar-refractivity contribution in [1.82, 2.24) is 21.3 Å². The zero-order chi connectivity index (χ0) is 58.9. The monoisotopic (exact) mass is 1150 g/mol. The van der Waals surface area contributed by atoms with Crippen LogP contribution in [0.15, 0.2) is 0 Å². The summed E-state index contributed by atoms with van der Waals surface area (Å²) in [6.45, 7) is 5.39. The van der Waals surface area contributed by atoms with Crippen molar-refractivity contribution < 1.29 is 58.0 Å². The molecule has 0 aromatic carbocycles. The molecule has 0 saturated carbocycles. The van der Waals surface area contributed by atoms with Gasteiger partial charge in [0, 0.05) is 37.2 Å². The third-order valence-corrected chi connectivity index (χ3v) is 15.8. The number of esters is 2. The van der Waals surface area contributed by atoms with Crippen LogP contribution in [0.2, 0.25) is 0 Å². The highest BCUT2D eigenvalue weighted by Gasteiger charge is 2.25. The van der Waals surface area contributed by atoms with E-state index in [1.807, 2.05) is 0 Å². The van der Waals surface area contributed by atoms with Gasteiger partial charge in [0.15, 0.2) is 0 Å². The zero-order valence-corrected chi connectivity index (χ0v) is 51.6. The van der Waals surface area contributed by atoms with Crippen LogP contribution in [0.5, 0.6) is 0 Å². The third kappa shape index (κ3) is 52.2. The summed E-state index contributed by atoms with van der Waals surface area (Å²) < 4.78 is 11.6. The van der Waals surface area contributed by atoms with E-state index < -0.39 is 67.4 Å². The fourth-order valence-corrected chi connectivity index (χ4v) is 10.6. The number of hydrogen-bond acceptors (Lipinski definition) is 11. The Morgan fingerprint density at radius 3 is 1.15 bits per heavy atom. The number of thioether (sulfide) groups is 1. The first-order valence-electron chi connectivity index (χ1n) is 32.3. The number of carboxylic acid groups (broad SMARTS) is 2. The van der Waals surface area contributed by atoms with Crippen molar-refractivity contribution >= 4 is 59.3 Å². The van der Waals surface area contributed by atoms with E-state index in [1.54, 1.807) is 0 Å². The molecule has 80 heavy (non-hydrogen) atoms. The first kappa shape index (κ1) is 76.1. The van der Waals surface area contributed by atoms with Crippen LogP contribution in [0.3, 0.4) is 0 Å². The topological polar surface area (TPSA) is 244 Å². The van der Waals surface area contributed by atoms with Crippen LogP contribution in [-0.4, -0.2) is 107 Å². The molecule has 466 valence electrons. The molecule has 0 aliphatic heterocycles. The lowest BCUT2D eigenvalue weighted by Gasteiger charge is -2.21. The quantitative estimate of drug-likeness (QED) is 0.0245. The number of carboxylic acids is 2. The summed E-state index contributed by atoms with van der Waals surface area (Å²) >= 11 is 1.25. The maximum Gasteiger partial charge on any atom is 0.326 e. The van der Waals surface area contributed by atoms with Crippen molar-refractivity contribution in [3.8, 4) is 0 Å². The molecule has 0 saturated heterocycles. The Labute approximate surface area is 489 Å². The molecule has 0 fully saturated rings. The maximum absolute atomic E-state index is 13.6. The van der Waals surface area contributed by atoms with Gasteiger partial charge >= 0.3 is 23.9 Å². The van der Waals surface area contributed by atoms with E-state index in [-0.39, 0.29) is 61.6 Å². The smallest absolute Gasteiger partial charge is 0.326 e. The van der Waals surface area contributed by atoms with Crippen LogP contribution in [0, 0.1) is 0 Å². The van der Waals surface area contributed by atoms with E-state index in [4.69, 9.17) is 14.6 Å². The maximum atomic E-state index is 13.6. The molecule has 0 radical (unpaired) electrons. The molecule has 0 bridgehead atoms. The van der Waals surface area contributed by atoms with Gasteiger partial charge in [0.05, 0.1) is 13.1 Å². The molecule has 6 N–H and O–H groups in total. The highest BCUT2D eigenvalue weighted by atomic mass is 32.2. The summed E-state index contributed by atoms with van der Waals surface area (Å²) in [6.07, 6.45) is 45.1. The molecular weight excluding hydrogens is 1040 g/mol. The molecule has 0 spiro atoms. The summed E-state index contributed by atoms with van der Waals surface area (Å²) in [5.41, 5.74) is 0.